The molecule has 142 valence electrons. The molecule has 0 amide bonds. The number of rotatable bonds is 9. The number of methoxy groups -OCH3 is 1. The van der Waals surface area contributed by atoms with Gasteiger partial charge in [-0.25, -0.2) is 4.98 Å². The second kappa shape index (κ2) is 9.58. The van der Waals surface area contributed by atoms with Gasteiger partial charge in [0.15, 0.2) is 0 Å². The van der Waals surface area contributed by atoms with Gasteiger partial charge >= 0.3 is 0 Å². The zero-order valence-electron chi connectivity index (χ0n) is 16.9. The molecule has 1 aromatic carbocycles. The molecule has 0 bridgehead atoms. The summed E-state index contributed by atoms with van der Waals surface area (Å²) in [5.41, 5.74) is 5.12. The van der Waals surface area contributed by atoms with Gasteiger partial charge in [0.2, 0.25) is 5.88 Å². The van der Waals surface area contributed by atoms with Crippen LogP contribution in [-0.4, -0.2) is 18.7 Å². The summed E-state index contributed by atoms with van der Waals surface area (Å²) in [7, 11) is 1.71. The molecule has 0 N–H and O–H groups in total. The van der Waals surface area contributed by atoms with E-state index in [4.69, 9.17) is 14.2 Å². The second-order valence-corrected chi connectivity index (χ2v) is 6.84. The average Bonchev–Trinajstić information content (AvgIpc) is 2.58. The normalized spacial score (nSPS) is 10.8. The van der Waals surface area contributed by atoms with Crippen LogP contribution in [0.25, 0.3) is 0 Å². The second-order valence-electron chi connectivity index (χ2n) is 6.84. The maximum Gasteiger partial charge on any atom is 0.226 e. The van der Waals surface area contributed by atoms with Gasteiger partial charge in [0, 0.05) is 18.9 Å². The molecule has 2 rings (SSSR count). The highest BCUT2D eigenvalue weighted by molar-refractivity contribution is 5.48. The van der Waals surface area contributed by atoms with E-state index in [9.17, 15) is 0 Å². The predicted molar refractivity (Wildman–Crippen MR) is 105 cm³/mol. The molecule has 0 aliphatic heterocycles. The van der Waals surface area contributed by atoms with Crippen molar-refractivity contribution in [3.8, 4) is 17.4 Å². The first-order valence-corrected chi connectivity index (χ1v) is 9.34. The molecule has 0 spiro atoms. The molecule has 1 aromatic heterocycles. The number of ether oxygens (including phenoxy) is 3. The highest BCUT2D eigenvalue weighted by atomic mass is 16.5. The van der Waals surface area contributed by atoms with Crippen molar-refractivity contribution in [1.29, 1.82) is 0 Å². The van der Waals surface area contributed by atoms with Crippen LogP contribution in [0.15, 0.2) is 18.2 Å². The third-order valence-electron chi connectivity index (χ3n) is 4.34. The van der Waals surface area contributed by atoms with E-state index in [0.717, 1.165) is 52.5 Å². The molecular weight excluding hydrogens is 326 g/mol. The molecule has 0 aliphatic rings. The smallest absolute Gasteiger partial charge is 0.226 e. The van der Waals surface area contributed by atoms with E-state index in [0.29, 0.717) is 12.5 Å². The average molecular weight is 357 g/mol. The van der Waals surface area contributed by atoms with Crippen molar-refractivity contribution in [2.24, 2.45) is 0 Å². The van der Waals surface area contributed by atoms with Gasteiger partial charge in [-0.1, -0.05) is 31.9 Å². The summed E-state index contributed by atoms with van der Waals surface area (Å²) in [4.78, 5) is 4.59. The van der Waals surface area contributed by atoms with E-state index in [1.165, 1.54) is 12.8 Å². The zero-order chi connectivity index (χ0) is 19.1. The van der Waals surface area contributed by atoms with E-state index >= 15 is 0 Å². The lowest BCUT2D eigenvalue weighted by Gasteiger charge is -2.17. The first-order valence-electron chi connectivity index (χ1n) is 9.34. The van der Waals surface area contributed by atoms with Crippen LogP contribution in [0.4, 0.5) is 0 Å². The lowest BCUT2D eigenvalue weighted by molar-refractivity contribution is 0.184. The highest BCUT2D eigenvalue weighted by Gasteiger charge is 2.14. The molecule has 4 nitrogen and oxygen atoms in total. The van der Waals surface area contributed by atoms with Crippen LogP contribution in [0, 0.1) is 27.7 Å². The molecular formula is C22H31NO3. The van der Waals surface area contributed by atoms with Crippen molar-refractivity contribution in [3.05, 3.63) is 46.1 Å². The van der Waals surface area contributed by atoms with Crippen LogP contribution < -0.4 is 9.47 Å². The Bertz CT molecular complexity index is 717. The summed E-state index contributed by atoms with van der Waals surface area (Å²) in [6.07, 6.45) is 3.43. The minimum atomic E-state index is 0.597. The third-order valence-corrected chi connectivity index (χ3v) is 4.34. The summed E-state index contributed by atoms with van der Waals surface area (Å²) in [6.45, 7) is 11.6. The summed E-state index contributed by atoms with van der Waals surface area (Å²) >= 11 is 0. The Kier molecular flexibility index (Phi) is 7.46. The first kappa shape index (κ1) is 20.2. The van der Waals surface area contributed by atoms with Gasteiger partial charge in [0.05, 0.1) is 18.8 Å². The number of unbranched alkanes of at least 4 members (excludes halogenated alkanes) is 2. The molecule has 0 aliphatic carbocycles. The molecule has 26 heavy (non-hydrogen) atoms. The van der Waals surface area contributed by atoms with Gasteiger partial charge < -0.3 is 14.2 Å². The Morgan fingerprint density at radius 3 is 2.27 bits per heavy atom. The lowest BCUT2D eigenvalue weighted by Crippen LogP contribution is -2.03. The fraction of sp³-hybridized carbons (Fsp3) is 0.500. The topological polar surface area (TPSA) is 40.6 Å². The van der Waals surface area contributed by atoms with E-state index < -0.39 is 0 Å². The fourth-order valence-corrected chi connectivity index (χ4v) is 3.01. The summed E-state index contributed by atoms with van der Waals surface area (Å²) in [5, 5.41) is 0. The van der Waals surface area contributed by atoms with Crippen LogP contribution in [-0.2, 0) is 11.3 Å². The van der Waals surface area contributed by atoms with Crippen molar-refractivity contribution in [1.82, 2.24) is 4.98 Å². The SMILES string of the molecule is CCCCCOc1cc(C)nc(Oc2c(C)cc(COC)cc2C)c1C. The standard InChI is InChI=1S/C22H31NO3/c1-7-8-9-10-25-20-13-17(4)23-22(18(20)5)26-21-15(2)11-19(14-24-6)12-16(21)3/h11-13H,7-10,14H2,1-6H3. The number of pyridine rings is 1. The molecule has 0 radical (unpaired) electrons. The Morgan fingerprint density at radius 2 is 1.65 bits per heavy atom. The van der Waals surface area contributed by atoms with Gasteiger partial charge in [-0.3, -0.25) is 0 Å². The molecule has 2 aromatic rings. The summed E-state index contributed by atoms with van der Waals surface area (Å²) < 4.78 is 17.4. The molecule has 0 atom stereocenters. The van der Waals surface area contributed by atoms with Crippen molar-refractivity contribution >= 4 is 0 Å². The number of hydrogen-bond donors (Lipinski definition) is 0. The van der Waals surface area contributed by atoms with Gasteiger partial charge in [0.1, 0.15) is 11.5 Å². The Morgan fingerprint density at radius 1 is 0.962 bits per heavy atom. The van der Waals surface area contributed by atoms with Gasteiger partial charge in [-0.15, -0.1) is 0 Å². The van der Waals surface area contributed by atoms with E-state index in [1.54, 1.807) is 7.11 Å². The maximum absolute atomic E-state index is 6.22. The van der Waals surface area contributed by atoms with Crippen LogP contribution in [0.1, 0.15) is 54.1 Å². The Hall–Kier alpha value is -2.07. The third kappa shape index (κ3) is 5.21. The van der Waals surface area contributed by atoms with Crippen LogP contribution in [0.3, 0.4) is 0 Å². The molecule has 0 saturated heterocycles. The summed E-state index contributed by atoms with van der Waals surface area (Å²) in [6, 6.07) is 6.17. The van der Waals surface area contributed by atoms with Gasteiger partial charge in [0.25, 0.3) is 0 Å². The number of hydrogen-bond acceptors (Lipinski definition) is 4. The molecule has 0 fully saturated rings. The summed E-state index contributed by atoms with van der Waals surface area (Å²) in [5.74, 6) is 2.32. The van der Waals surface area contributed by atoms with E-state index in [-0.39, 0.29) is 0 Å². The number of aromatic nitrogens is 1. The van der Waals surface area contributed by atoms with Crippen molar-refractivity contribution < 1.29 is 14.2 Å². The lowest BCUT2D eigenvalue weighted by atomic mass is 10.1. The maximum atomic E-state index is 6.22. The fourth-order valence-electron chi connectivity index (χ4n) is 3.01. The van der Waals surface area contributed by atoms with Crippen LogP contribution in [0.5, 0.6) is 17.4 Å². The number of nitrogens with zero attached hydrogens (tertiary/aromatic N) is 1. The minimum absolute atomic E-state index is 0.597. The zero-order valence-corrected chi connectivity index (χ0v) is 16.9. The molecule has 1 heterocycles. The van der Waals surface area contributed by atoms with Crippen molar-refractivity contribution in [3.63, 3.8) is 0 Å². The molecule has 4 heteroatoms. The van der Waals surface area contributed by atoms with Crippen molar-refractivity contribution in [2.45, 2.75) is 60.5 Å². The predicted octanol–water partition coefficient (Wildman–Crippen LogP) is 5.82. The van der Waals surface area contributed by atoms with E-state index in [1.807, 2.05) is 19.9 Å². The Balaban J connectivity index is 2.25. The number of benzene rings is 1. The van der Waals surface area contributed by atoms with E-state index in [2.05, 4.69) is 37.9 Å². The quantitative estimate of drug-likeness (QED) is 0.530. The van der Waals surface area contributed by atoms with Crippen LogP contribution >= 0.6 is 0 Å². The minimum Gasteiger partial charge on any atom is -0.493 e. The van der Waals surface area contributed by atoms with Gasteiger partial charge in [-0.05, 0) is 50.8 Å². The molecule has 0 unspecified atom stereocenters. The first-order chi connectivity index (χ1) is 12.5. The van der Waals surface area contributed by atoms with Crippen molar-refractivity contribution in [2.75, 3.05) is 13.7 Å². The van der Waals surface area contributed by atoms with Gasteiger partial charge in [-0.2, -0.15) is 0 Å². The monoisotopic (exact) mass is 357 g/mol. The largest absolute Gasteiger partial charge is 0.493 e. The Labute approximate surface area is 157 Å². The highest BCUT2D eigenvalue weighted by Crippen LogP contribution is 2.34. The van der Waals surface area contributed by atoms with Crippen LogP contribution in [0.2, 0.25) is 0 Å². The number of aryl methyl sites for hydroxylation is 3. The molecule has 0 saturated carbocycles.